The van der Waals surface area contributed by atoms with E-state index in [4.69, 9.17) is 11.5 Å². The van der Waals surface area contributed by atoms with Gasteiger partial charge in [-0.15, -0.1) is 12.6 Å². The highest BCUT2D eigenvalue weighted by Crippen LogP contribution is 2.30. The van der Waals surface area contributed by atoms with E-state index in [1.807, 2.05) is 0 Å². The first kappa shape index (κ1) is 16.0. The summed E-state index contributed by atoms with van der Waals surface area (Å²) in [6, 6.07) is 6.77. The van der Waals surface area contributed by atoms with Crippen LogP contribution in [0.25, 0.3) is 0 Å². The van der Waals surface area contributed by atoms with E-state index in [1.165, 1.54) is 12.1 Å². The highest BCUT2D eigenvalue weighted by atomic mass is 32.1. The molecule has 0 saturated heterocycles. The number of nitrogen functional groups attached to an aromatic ring is 2. The lowest BCUT2D eigenvalue weighted by Gasteiger charge is -2.11. The Labute approximate surface area is 129 Å². The summed E-state index contributed by atoms with van der Waals surface area (Å²) < 4.78 is 37.4. The minimum Gasteiger partial charge on any atom is -0.397 e. The SMILES string of the molecule is Nc1cc(S)c(NC(=O)c2ccc(C(F)(F)F)cc2)cc1N. The highest BCUT2D eigenvalue weighted by molar-refractivity contribution is 7.80. The van der Waals surface area contributed by atoms with E-state index in [1.54, 1.807) is 0 Å². The van der Waals surface area contributed by atoms with Gasteiger partial charge in [-0.1, -0.05) is 0 Å². The third-order valence-corrected chi connectivity index (χ3v) is 3.29. The molecule has 0 heterocycles. The van der Waals surface area contributed by atoms with Gasteiger partial charge in [0.1, 0.15) is 0 Å². The van der Waals surface area contributed by atoms with Gasteiger partial charge in [0.2, 0.25) is 0 Å². The minimum absolute atomic E-state index is 0.0797. The molecular formula is C14H12F3N3OS. The number of carbonyl (C=O) groups excluding carboxylic acids is 1. The molecule has 0 aliphatic rings. The Morgan fingerprint density at radius 3 is 2.14 bits per heavy atom. The number of halogens is 3. The first-order chi connectivity index (χ1) is 10.2. The maximum absolute atomic E-state index is 12.5. The van der Waals surface area contributed by atoms with Crippen molar-refractivity contribution in [3.05, 3.63) is 47.5 Å². The summed E-state index contributed by atoms with van der Waals surface area (Å²) in [5.74, 6) is -0.576. The highest BCUT2D eigenvalue weighted by Gasteiger charge is 2.30. The van der Waals surface area contributed by atoms with E-state index < -0.39 is 17.6 Å². The molecule has 116 valence electrons. The quantitative estimate of drug-likeness (QED) is 0.504. The minimum atomic E-state index is -4.45. The Morgan fingerprint density at radius 1 is 1.05 bits per heavy atom. The van der Waals surface area contributed by atoms with E-state index in [2.05, 4.69) is 17.9 Å². The van der Waals surface area contributed by atoms with Crippen LogP contribution in [0.3, 0.4) is 0 Å². The lowest BCUT2D eigenvalue weighted by Crippen LogP contribution is -2.13. The van der Waals surface area contributed by atoms with Crippen LogP contribution in [0.1, 0.15) is 15.9 Å². The van der Waals surface area contributed by atoms with Crippen molar-refractivity contribution in [2.45, 2.75) is 11.1 Å². The maximum atomic E-state index is 12.5. The molecule has 0 unspecified atom stereocenters. The van der Waals surface area contributed by atoms with E-state index >= 15 is 0 Å². The zero-order valence-corrected chi connectivity index (χ0v) is 12.0. The molecule has 2 rings (SSSR count). The molecule has 22 heavy (non-hydrogen) atoms. The molecule has 0 atom stereocenters. The summed E-state index contributed by atoms with van der Waals surface area (Å²) in [5, 5.41) is 2.52. The van der Waals surface area contributed by atoms with Gasteiger partial charge >= 0.3 is 6.18 Å². The largest absolute Gasteiger partial charge is 0.416 e. The van der Waals surface area contributed by atoms with Crippen LogP contribution in [-0.2, 0) is 6.18 Å². The van der Waals surface area contributed by atoms with Gasteiger partial charge < -0.3 is 16.8 Å². The number of benzene rings is 2. The number of hydrogen-bond acceptors (Lipinski definition) is 4. The van der Waals surface area contributed by atoms with Gasteiger partial charge in [0, 0.05) is 10.5 Å². The first-order valence-electron chi connectivity index (χ1n) is 6.05. The van der Waals surface area contributed by atoms with Crippen LogP contribution >= 0.6 is 12.6 Å². The second-order valence-corrected chi connectivity index (χ2v) is 5.01. The average Bonchev–Trinajstić information content (AvgIpc) is 2.44. The molecule has 0 fully saturated rings. The van der Waals surface area contributed by atoms with Crippen LogP contribution in [-0.4, -0.2) is 5.91 Å². The number of nitrogens with two attached hydrogens (primary N) is 2. The topological polar surface area (TPSA) is 81.1 Å². The van der Waals surface area contributed by atoms with Crippen molar-refractivity contribution >= 4 is 35.6 Å². The third-order valence-electron chi connectivity index (χ3n) is 2.92. The summed E-state index contributed by atoms with van der Waals surface area (Å²) in [5.41, 5.74) is 11.4. The summed E-state index contributed by atoms with van der Waals surface area (Å²) >= 11 is 4.16. The standard InChI is InChI=1S/C14H12F3N3OS/c15-14(16,17)8-3-1-7(2-4-8)13(21)20-11-5-9(18)10(19)6-12(11)22/h1-6,22H,18-19H2,(H,20,21). The van der Waals surface area contributed by atoms with Crippen LogP contribution in [0, 0.1) is 0 Å². The molecule has 2 aromatic carbocycles. The molecule has 0 bridgehead atoms. The normalized spacial score (nSPS) is 11.3. The number of amides is 1. The Morgan fingerprint density at radius 2 is 1.59 bits per heavy atom. The fraction of sp³-hybridized carbons (Fsp3) is 0.0714. The van der Waals surface area contributed by atoms with Gasteiger partial charge in [-0.3, -0.25) is 4.79 Å². The maximum Gasteiger partial charge on any atom is 0.416 e. The number of anilines is 3. The average molecular weight is 327 g/mol. The van der Waals surface area contributed by atoms with Gasteiger partial charge in [-0.05, 0) is 36.4 Å². The molecular weight excluding hydrogens is 315 g/mol. The van der Waals surface area contributed by atoms with E-state index in [-0.39, 0.29) is 11.3 Å². The molecule has 1 amide bonds. The molecule has 4 nitrogen and oxygen atoms in total. The van der Waals surface area contributed by atoms with Crippen molar-refractivity contribution in [1.29, 1.82) is 0 Å². The Bertz CT molecular complexity index is 715. The van der Waals surface area contributed by atoms with E-state index in [0.29, 0.717) is 16.3 Å². The monoisotopic (exact) mass is 327 g/mol. The van der Waals surface area contributed by atoms with Crippen LogP contribution in [0.4, 0.5) is 30.2 Å². The zero-order valence-electron chi connectivity index (χ0n) is 11.1. The van der Waals surface area contributed by atoms with Gasteiger partial charge in [0.25, 0.3) is 5.91 Å². The summed E-state index contributed by atoms with van der Waals surface area (Å²) in [6.45, 7) is 0. The molecule has 2 aromatic rings. The third kappa shape index (κ3) is 3.45. The number of nitrogens with one attached hydrogen (secondary N) is 1. The van der Waals surface area contributed by atoms with Crippen molar-refractivity contribution < 1.29 is 18.0 Å². The zero-order chi connectivity index (χ0) is 16.5. The van der Waals surface area contributed by atoms with Crippen LogP contribution in [0.15, 0.2) is 41.3 Å². The van der Waals surface area contributed by atoms with Crippen molar-refractivity contribution in [3.63, 3.8) is 0 Å². The molecule has 0 aliphatic heterocycles. The predicted octanol–water partition coefficient (Wildman–Crippen LogP) is 3.41. The molecule has 0 spiro atoms. The molecule has 0 radical (unpaired) electrons. The van der Waals surface area contributed by atoms with Crippen molar-refractivity contribution in [2.75, 3.05) is 16.8 Å². The molecule has 0 aromatic heterocycles. The predicted molar refractivity (Wildman–Crippen MR) is 81.9 cm³/mol. The van der Waals surface area contributed by atoms with Gasteiger partial charge in [-0.25, -0.2) is 0 Å². The van der Waals surface area contributed by atoms with E-state index in [0.717, 1.165) is 24.3 Å². The fourth-order valence-corrected chi connectivity index (χ4v) is 1.99. The van der Waals surface area contributed by atoms with Crippen molar-refractivity contribution in [2.24, 2.45) is 0 Å². The van der Waals surface area contributed by atoms with Gasteiger partial charge in [-0.2, -0.15) is 13.2 Å². The second-order valence-electron chi connectivity index (χ2n) is 4.53. The van der Waals surface area contributed by atoms with Crippen LogP contribution in [0.2, 0.25) is 0 Å². The Kier molecular flexibility index (Phi) is 4.23. The van der Waals surface area contributed by atoms with Gasteiger partial charge in [0.15, 0.2) is 0 Å². The molecule has 5 N–H and O–H groups in total. The number of alkyl halides is 3. The van der Waals surface area contributed by atoms with E-state index in [9.17, 15) is 18.0 Å². The second kappa shape index (κ2) is 5.80. The number of hydrogen-bond donors (Lipinski definition) is 4. The summed E-state index contributed by atoms with van der Waals surface area (Å²) in [4.78, 5) is 12.4. The number of rotatable bonds is 2. The van der Waals surface area contributed by atoms with Crippen LogP contribution < -0.4 is 16.8 Å². The summed E-state index contributed by atoms with van der Waals surface area (Å²) in [7, 11) is 0. The van der Waals surface area contributed by atoms with Crippen molar-refractivity contribution in [1.82, 2.24) is 0 Å². The Balaban J connectivity index is 2.21. The fourth-order valence-electron chi connectivity index (χ4n) is 1.73. The lowest BCUT2D eigenvalue weighted by molar-refractivity contribution is -0.137. The van der Waals surface area contributed by atoms with Crippen molar-refractivity contribution in [3.8, 4) is 0 Å². The molecule has 0 saturated carbocycles. The first-order valence-corrected chi connectivity index (χ1v) is 6.50. The molecule has 8 heteroatoms. The number of thiol groups is 1. The Hall–Kier alpha value is -2.35. The number of carbonyl (C=O) groups is 1. The lowest BCUT2D eigenvalue weighted by atomic mass is 10.1. The summed E-state index contributed by atoms with van der Waals surface area (Å²) in [6.07, 6.45) is -4.45. The molecule has 0 aliphatic carbocycles. The van der Waals surface area contributed by atoms with Gasteiger partial charge in [0.05, 0.1) is 22.6 Å². The smallest absolute Gasteiger partial charge is 0.397 e. The van der Waals surface area contributed by atoms with Crippen LogP contribution in [0.5, 0.6) is 0 Å².